The molecule has 2 heterocycles. The summed E-state index contributed by atoms with van der Waals surface area (Å²) in [4.78, 5) is 9.51. The molecule has 0 amide bonds. The van der Waals surface area contributed by atoms with Gasteiger partial charge < -0.3 is 5.32 Å². The maximum atomic E-state index is 5.81. The first kappa shape index (κ1) is 12.3. The van der Waals surface area contributed by atoms with E-state index in [1.54, 1.807) is 11.3 Å². The summed E-state index contributed by atoms with van der Waals surface area (Å²) in [5, 5.41) is 5.68. The van der Waals surface area contributed by atoms with Crippen molar-refractivity contribution >= 4 is 28.8 Å². The lowest BCUT2D eigenvalue weighted by Crippen LogP contribution is -2.03. The molecule has 0 radical (unpaired) electrons. The van der Waals surface area contributed by atoms with Crippen LogP contribution in [-0.4, -0.2) is 9.97 Å². The molecule has 0 aliphatic carbocycles. The molecule has 90 valence electrons. The Balaban J connectivity index is 2.07. The molecule has 0 atom stereocenters. The largest absolute Gasteiger partial charge is 0.365 e. The third-order valence-electron chi connectivity index (χ3n) is 2.48. The number of aromatic nitrogens is 2. The minimum atomic E-state index is 0.286. The van der Waals surface area contributed by atoms with Gasteiger partial charge in [0.15, 0.2) is 0 Å². The molecule has 0 bridgehead atoms. The van der Waals surface area contributed by atoms with Gasteiger partial charge in [0.25, 0.3) is 0 Å². The fourth-order valence-corrected chi connectivity index (χ4v) is 2.77. The Morgan fingerprint density at radius 3 is 2.94 bits per heavy atom. The number of hydrogen-bond acceptors (Lipinski definition) is 4. The minimum Gasteiger partial charge on any atom is -0.365 e. The van der Waals surface area contributed by atoms with Gasteiger partial charge in [0.1, 0.15) is 5.82 Å². The number of thiophene rings is 1. The van der Waals surface area contributed by atoms with Crippen molar-refractivity contribution < 1.29 is 0 Å². The molecule has 2 rings (SSSR count). The first-order valence-corrected chi connectivity index (χ1v) is 6.75. The van der Waals surface area contributed by atoms with Crippen molar-refractivity contribution in [3.8, 4) is 0 Å². The van der Waals surface area contributed by atoms with E-state index < -0.39 is 0 Å². The van der Waals surface area contributed by atoms with Gasteiger partial charge in [0, 0.05) is 16.6 Å². The smallest absolute Gasteiger partial charge is 0.224 e. The van der Waals surface area contributed by atoms with Crippen molar-refractivity contribution in [1.82, 2.24) is 9.97 Å². The summed E-state index contributed by atoms with van der Waals surface area (Å²) >= 11 is 7.57. The predicted molar refractivity (Wildman–Crippen MR) is 72.8 cm³/mol. The van der Waals surface area contributed by atoms with Crippen molar-refractivity contribution in [2.24, 2.45) is 0 Å². The second-order valence-electron chi connectivity index (χ2n) is 3.74. The predicted octanol–water partition coefficient (Wildman–Crippen LogP) is 3.67. The Bertz CT molecular complexity index is 490. The van der Waals surface area contributed by atoms with Crippen molar-refractivity contribution in [2.45, 2.75) is 26.8 Å². The van der Waals surface area contributed by atoms with Crippen molar-refractivity contribution in [2.75, 3.05) is 5.32 Å². The van der Waals surface area contributed by atoms with E-state index >= 15 is 0 Å². The highest BCUT2D eigenvalue weighted by Gasteiger charge is 2.04. The van der Waals surface area contributed by atoms with Crippen LogP contribution in [-0.2, 0) is 13.0 Å². The second kappa shape index (κ2) is 5.47. The molecule has 2 aromatic rings. The highest BCUT2D eigenvalue weighted by Crippen LogP contribution is 2.19. The van der Waals surface area contributed by atoms with Gasteiger partial charge in [-0.05, 0) is 42.0 Å². The molecule has 3 nitrogen and oxygen atoms in total. The first-order valence-electron chi connectivity index (χ1n) is 5.49. The van der Waals surface area contributed by atoms with Gasteiger partial charge in [-0.3, -0.25) is 0 Å². The monoisotopic (exact) mass is 267 g/mol. The molecule has 1 N–H and O–H groups in total. The van der Waals surface area contributed by atoms with Crippen LogP contribution in [0.2, 0.25) is 5.28 Å². The summed E-state index contributed by atoms with van der Waals surface area (Å²) in [6, 6.07) is 4.06. The molecular weight excluding hydrogens is 254 g/mol. The van der Waals surface area contributed by atoms with Gasteiger partial charge in [-0.2, -0.15) is 0 Å². The zero-order valence-corrected chi connectivity index (χ0v) is 11.4. The Kier molecular flexibility index (Phi) is 3.97. The van der Waals surface area contributed by atoms with Crippen LogP contribution in [0.4, 0.5) is 5.82 Å². The van der Waals surface area contributed by atoms with Crippen LogP contribution in [0.5, 0.6) is 0 Å². The van der Waals surface area contributed by atoms with Crippen molar-refractivity contribution in [3.05, 3.63) is 38.9 Å². The molecular formula is C12H14ClN3S. The maximum absolute atomic E-state index is 5.81. The second-order valence-corrected chi connectivity index (χ2v) is 5.08. The maximum Gasteiger partial charge on any atom is 0.224 e. The van der Waals surface area contributed by atoms with Crippen LogP contribution >= 0.6 is 22.9 Å². The van der Waals surface area contributed by atoms with Crippen LogP contribution in [0.3, 0.4) is 0 Å². The van der Waals surface area contributed by atoms with Crippen molar-refractivity contribution in [3.63, 3.8) is 0 Å². The van der Waals surface area contributed by atoms with Crippen molar-refractivity contribution in [1.29, 1.82) is 0 Å². The van der Waals surface area contributed by atoms with Crippen LogP contribution in [0.15, 0.2) is 17.5 Å². The number of rotatable bonds is 4. The summed E-state index contributed by atoms with van der Waals surface area (Å²) in [5.41, 5.74) is 2.26. The average molecular weight is 268 g/mol. The molecule has 0 unspecified atom stereocenters. The summed E-state index contributed by atoms with van der Waals surface area (Å²) in [6.07, 6.45) is 1.06. The minimum absolute atomic E-state index is 0.286. The molecule has 0 aliphatic rings. The van der Waals surface area contributed by atoms with Gasteiger partial charge in [0.05, 0.1) is 6.54 Å². The molecule has 0 aliphatic heterocycles. The topological polar surface area (TPSA) is 37.8 Å². The van der Waals surface area contributed by atoms with Crippen LogP contribution in [0, 0.1) is 6.92 Å². The Morgan fingerprint density at radius 1 is 1.41 bits per heavy atom. The SMILES string of the molecule is CCc1ccsc1CNc1cc(C)nc(Cl)n1. The van der Waals surface area contributed by atoms with E-state index in [9.17, 15) is 0 Å². The standard InChI is InChI=1S/C12H14ClN3S/c1-3-9-4-5-17-10(9)7-14-11-6-8(2)15-12(13)16-11/h4-6H,3,7H2,1-2H3,(H,14,15,16). The highest BCUT2D eigenvalue weighted by atomic mass is 35.5. The van der Waals surface area contributed by atoms with Gasteiger partial charge in [-0.15, -0.1) is 11.3 Å². The lowest BCUT2D eigenvalue weighted by atomic mass is 10.2. The van der Waals surface area contributed by atoms with E-state index in [1.165, 1.54) is 10.4 Å². The number of anilines is 1. The normalized spacial score (nSPS) is 10.5. The zero-order chi connectivity index (χ0) is 12.3. The molecule has 17 heavy (non-hydrogen) atoms. The fraction of sp³-hybridized carbons (Fsp3) is 0.333. The van der Waals surface area contributed by atoms with Gasteiger partial charge >= 0.3 is 0 Å². The summed E-state index contributed by atoms with van der Waals surface area (Å²) < 4.78 is 0. The molecule has 0 saturated carbocycles. The van der Waals surface area contributed by atoms with E-state index in [-0.39, 0.29) is 5.28 Å². The molecule has 0 aromatic carbocycles. The van der Waals surface area contributed by atoms with E-state index in [0.29, 0.717) is 0 Å². The van der Waals surface area contributed by atoms with Gasteiger partial charge in [-0.25, -0.2) is 9.97 Å². The Labute approximate surface area is 110 Å². The number of halogens is 1. The summed E-state index contributed by atoms with van der Waals surface area (Å²) in [6.45, 7) is 4.85. The van der Waals surface area contributed by atoms with E-state index in [4.69, 9.17) is 11.6 Å². The highest BCUT2D eigenvalue weighted by molar-refractivity contribution is 7.10. The number of hydrogen-bond donors (Lipinski definition) is 1. The number of aryl methyl sites for hydroxylation is 2. The van der Waals surface area contributed by atoms with Crippen LogP contribution in [0.1, 0.15) is 23.1 Å². The first-order chi connectivity index (χ1) is 8.19. The van der Waals surface area contributed by atoms with E-state index in [0.717, 1.165) is 24.5 Å². The number of nitrogens with zero attached hydrogens (tertiary/aromatic N) is 2. The molecule has 0 spiro atoms. The van der Waals surface area contributed by atoms with Crippen LogP contribution < -0.4 is 5.32 Å². The third kappa shape index (κ3) is 3.17. The molecule has 2 aromatic heterocycles. The van der Waals surface area contributed by atoms with E-state index in [2.05, 4.69) is 33.7 Å². The molecule has 0 saturated heterocycles. The average Bonchev–Trinajstić information content (AvgIpc) is 2.72. The molecule has 5 heteroatoms. The lowest BCUT2D eigenvalue weighted by Gasteiger charge is -2.06. The number of nitrogens with one attached hydrogen (secondary N) is 1. The fourth-order valence-electron chi connectivity index (χ4n) is 1.63. The summed E-state index contributed by atoms with van der Waals surface area (Å²) in [5.74, 6) is 0.776. The zero-order valence-electron chi connectivity index (χ0n) is 9.83. The van der Waals surface area contributed by atoms with Gasteiger partial charge in [-0.1, -0.05) is 6.92 Å². The van der Waals surface area contributed by atoms with Gasteiger partial charge in [0.2, 0.25) is 5.28 Å². The quantitative estimate of drug-likeness (QED) is 0.859. The Hall–Kier alpha value is -1.13. The Morgan fingerprint density at radius 2 is 2.24 bits per heavy atom. The summed E-state index contributed by atoms with van der Waals surface area (Å²) in [7, 11) is 0. The molecule has 0 fully saturated rings. The van der Waals surface area contributed by atoms with Crippen LogP contribution in [0.25, 0.3) is 0 Å². The van der Waals surface area contributed by atoms with E-state index in [1.807, 2.05) is 13.0 Å². The third-order valence-corrected chi connectivity index (χ3v) is 3.61. The lowest BCUT2D eigenvalue weighted by molar-refractivity contribution is 1.04.